The highest BCUT2D eigenvalue weighted by Crippen LogP contribution is 2.33. The fourth-order valence-electron chi connectivity index (χ4n) is 4.13. The van der Waals surface area contributed by atoms with Gasteiger partial charge in [-0.1, -0.05) is 67.6 Å². The van der Waals surface area contributed by atoms with Gasteiger partial charge in [0.2, 0.25) is 0 Å². The van der Waals surface area contributed by atoms with Crippen molar-refractivity contribution in [3.63, 3.8) is 0 Å². The molecular weight excluding hydrogens is 366 g/mol. The van der Waals surface area contributed by atoms with Crippen molar-refractivity contribution >= 4 is 27.9 Å². The van der Waals surface area contributed by atoms with E-state index in [9.17, 15) is 0 Å². The molecule has 1 aliphatic carbocycles. The van der Waals surface area contributed by atoms with Crippen LogP contribution in [0.15, 0.2) is 95.0 Å². The van der Waals surface area contributed by atoms with Gasteiger partial charge >= 0.3 is 0 Å². The molecule has 30 heavy (non-hydrogen) atoms. The molecular formula is C27H23N3. The highest BCUT2D eigenvalue weighted by Gasteiger charge is 2.26. The second-order valence-electron chi connectivity index (χ2n) is 7.45. The number of para-hydroxylation sites is 1. The summed E-state index contributed by atoms with van der Waals surface area (Å²) < 4.78 is 0. The SMILES string of the molecule is CCc1ccccc1N=C1C(=NCCc2ccccn2)c2cccc3cccc1c23. The summed E-state index contributed by atoms with van der Waals surface area (Å²) in [5.41, 5.74) is 7.65. The molecule has 3 nitrogen and oxygen atoms in total. The number of pyridine rings is 1. The van der Waals surface area contributed by atoms with Gasteiger partial charge in [-0.2, -0.15) is 0 Å². The number of hydrogen-bond acceptors (Lipinski definition) is 3. The Morgan fingerprint density at radius 3 is 2.30 bits per heavy atom. The summed E-state index contributed by atoms with van der Waals surface area (Å²) in [5.74, 6) is 0. The summed E-state index contributed by atoms with van der Waals surface area (Å²) in [7, 11) is 0. The number of hydrogen-bond donors (Lipinski definition) is 0. The Morgan fingerprint density at radius 1 is 0.767 bits per heavy atom. The molecule has 0 atom stereocenters. The van der Waals surface area contributed by atoms with E-state index < -0.39 is 0 Å². The summed E-state index contributed by atoms with van der Waals surface area (Å²) >= 11 is 0. The molecule has 1 heterocycles. The molecule has 0 saturated carbocycles. The molecule has 0 saturated heterocycles. The van der Waals surface area contributed by atoms with E-state index in [0.717, 1.165) is 35.6 Å². The standard InChI is InChI=1S/C27H23N3/c1-2-19-9-3-4-15-24(19)30-27-23-14-8-11-20-10-7-13-22(25(20)23)26(27)29-18-16-21-12-5-6-17-28-21/h3-15,17H,2,16,18H2,1H3. The van der Waals surface area contributed by atoms with Gasteiger partial charge < -0.3 is 0 Å². The molecule has 0 unspecified atom stereocenters. The average molecular weight is 390 g/mol. The van der Waals surface area contributed by atoms with Crippen molar-refractivity contribution < 1.29 is 0 Å². The summed E-state index contributed by atoms with van der Waals surface area (Å²) in [5, 5.41) is 2.49. The maximum Gasteiger partial charge on any atom is 0.0974 e. The molecule has 0 aliphatic heterocycles. The van der Waals surface area contributed by atoms with Crippen molar-refractivity contribution in [2.75, 3.05) is 6.54 Å². The highest BCUT2D eigenvalue weighted by molar-refractivity contribution is 6.61. The van der Waals surface area contributed by atoms with Crippen molar-refractivity contribution in [3.05, 3.63) is 107 Å². The number of nitrogens with zero attached hydrogens (tertiary/aromatic N) is 3. The average Bonchev–Trinajstić information content (AvgIpc) is 3.10. The molecule has 3 heteroatoms. The summed E-state index contributed by atoms with van der Waals surface area (Å²) in [6.07, 6.45) is 3.61. The Kier molecular flexibility index (Phi) is 4.94. The Hall–Kier alpha value is -3.59. The topological polar surface area (TPSA) is 37.6 Å². The van der Waals surface area contributed by atoms with Gasteiger partial charge in [-0.15, -0.1) is 0 Å². The fourth-order valence-corrected chi connectivity index (χ4v) is 4.13. The van der Waals surface area contributed by atoms with E-state index in [1.54, 1.807) is 0 Å². The minimum absolute atomic E-state index is 0.686. The van der Waals surface area contributed by atoms with Gasteiger partial charge in [-0.3, -0.25) is 9.98 Å². The third kappa shape index (κ3) is 3.33. The van der Waals surface area contributed by atoms with Crippen LogP contribution in [-0.4, -0.2) is 23.0 Å². The lowest BCUT2D eigenvalue weighted by Gasteiger charge is -2.07. The lowest BCUT2D eigenvalue weighted by Crippen LogP contribution is -2.12. The Morgan fingerprint density at radius 2 is 1.53 bits per heavy atom. The van der Waals surface area contributed by atoms with Gasteiger partial charge in [-0.05, 0) is 35.6 Å². The zero-order valence-corrected chi connectivity index (χ0v) is 17.0. The monoisotopic (exact) mass is 389 g/mol. The van der Waals surface area contributed by atoms with Crippen LogP contribution in [0.3, 0.4) is 0 Å². The molecule has 146 valence electrons. The second kappa shape index (κ2) is 8.03. The predicted octanol–water partition coefficient (Wildman–Crippen LogP) is 5.96. The van der Waals surface area contributed by atoms with Gasteiger partial charge in [0.1, 0.15) is 0 Å². The number of aliphatic imine (C=N–C) groups is 2. The quantitative estimate of drug-likeness (QED) is 0.415. The molecule has 0 bridgehead atoms. The second-order valence-corrected chi connectivity index (χ2v) is 7.45. The third-order valence-corrected chi connectivity index (χ3v) is 5.61. The largest absolute Gasteiger partial charge is 0.282 e. The van der Waals surface area contributed by atoms with Crippen LogP contribution in [0.1, 0.15) is 29.3 Å². The van der Waals surface area contributed by atoms with Crippen molar-refractivity contribution in [1.82, 2.24) is 4.98 Å². The third-order valence-electron chi connectivity index (χ3n) is 5.61. The lowest BCUT2D eigenvalue weighted by atomic mass is 10.1. The summed E-state index contributed by atoms with van der Waals surface area (Å²) in [6.45, 7) is 2.86. The Balaban J connectivity index is 1.62. The maximum atomic E-state index is 5.15. The molecule has 0 radical (unpaired) electrons. The molecule has 3 aromatic carbocycles. The maximum absolute atomic E-state index is 5.15. The van der Waals surface area contributed by atoms with Gasteiger partial charge in [0.25, 0.3) is 0 Å². The Bertz CT molecular complexity index is 1260. The van der Waals surface area contributed by atoms with Crippen molar-refractivity contribution in [2.24, 2.45) is 9.98 Å². The van der Waals surface area contributed by atoms with E-state index in [2.05, 4.69) is 78.6 Å². The van der Waals surface area contributed by atoms with Crippen LogP contribution in [-0.2, 0) is 12.8 Å². The van der Waals surface area contributed by atoms with Crippen LogP contribution < -0.4 is 0 Å². The fraction of sp³-hybridized carbons (Fsp3) is 0.148. The molecule has 4 aromatic rings. The van der Waals surface area contributed by atoms with Gasteiger partial charge in [0.05, 0.1) is 17.1 Å². The first-order valence-corrected chi connectivity index (χ1v) is 10.5. The van der Waals surface area contributed by atoms with Gasteiger partial charge in [0.15, 0.2) is 0 Å². The number of aryl methyl sites for hydroxylation is 1. The van der Waals surface area contributed by atoms with E-state index >= 15 is 0 Å². The number of benzene rings is 3. The van der Waals surface area contributed by atoms with Crippen molar-refractivity contribution in [3.8, 4) is 0 Å². The summed E-state index contributed by atoms with van der Waals surface area (Å²) in [4.78, 5) is 14.6. The highest BCUT2D eigenvalue weighted by atomic mass is 14.8. The van der Waals surface area contributed by atoms with Crippen LogP contribution in [0.4, 0.5) is 5.69 Å². The van der Waals surface area contributed by atoms with Gasteiger partial charge in [-0.25, -0.2) is 4.99 Å². The normalized spacial score (nSPS) is 15.4. The molecule has 5 rings (SSSR count). The van der Waals surface area contributed by atoms with Crippen LogP contribution >= 0.6 is 0 Å². The van der Waals surface area contributed by atoms with Crippen molar-refractivity contribution in [1.29, 1.82) is 0 Å². The Labute approximate surface area is 176 Å². The van der Waals surface area contributed by atoms with E-state index in [1.165, 1.54) is 27.5 Å². The van der Waals surface area contributed by atoms with Crippen LogP contribution in [0.2, 0.25) is 0 Å². The summed E-state index contributed by atoms with van der Waals surface area (Å²) in [6, 6.07) is 27.3. The molecule has 0 amide bonds. The zero-order valence-electron chi connectivity index (χ0n) is 17.0. The number of aromatic nitrogens is 1. The van der Waals surface area contributed by atoms with Gasteiger partial charge in [0, 0.05) is 41.4 Å². The van der Waals surface area contributed by atoms with E-state index in [-0.39, 0.29) is 0 Å². The zero-order chi connectivity index (χ0) is 20.3. The first-order valence-electron chi connectivity index (χ1n) is 10.5. The van der Waals surface area contributed by atoms with E-state index in [1.807, 2.05) is 18.3 Å². The molecule has 1 aliphatic rings. The predicted molar refractivity (Wildman–Crippen MR) is 125 cm³/mol. The molecule has 1 aromatic heterocycles. The molecule has 0 spiro atoms. The minimum atomic E-state index is 0.686. The van der Waals surface area contributed by atoms with E-state index in [4.69, 9.17) is 9.98 Å². The van der Waals surface area contributed by atoms with Crippen molar-refractivity contribution in [2.45, 2.75) is 19.8 Å². The van der Waals surface area contributed by atoms with E-state index in [0.29, 0.717) is 6.54 Å². The minimum Gasteiger partial charge on any atom is -0.282 e. The first-order chi connectivity index (χ1) is 14.8. The first kappa shape index (κ1) is 18.4. The van der Waals surface area contributed by atoms with Crippen LogP contribution in [0, 0.1) is 0 Å². The molecule has 0 N–H and O–H groups in total. The number of rotatable bonds is 5. The van der Waals surface area contributed by atoms with Crippen LogP contribution in [0.5, 0.6) is 0 Å². The van der Waals surface area contributed by atoms with Crippen LogP contribution in [0.25, 0.3) is 10.8 Å². The molecule has 0 fully saturated rings. The lowest BCUT2D eigenvalue weighted by molar-refractivity contribution is 0.925. The smallest absolute Gasteiger partial charge is 0.0974 e.